The van der Waals surface area contributed by atoms with E-state index in [4.69, 9.17) is 58.0 Å². The van der Waals surface area contributed by atoms with Crippen LogP contribution in [-0.4, -0.2) is 22.2 Å². The topological polar surface area (TPSA) is 70.2 Å². The molecule has 42 heavy (non-hydrogen) atoms. The molecule has 3 atom stereocenters. The predicted octanol–water partition coefficient (Wildman–Crippen LogP) is 8.37. The summed E-state index contributed by atoms with van der Waals surface area (Å²) in [6.45, 7) is 4.66. The van der Waals surface area contributed by atoms with Crippen molar-refractivity contribution in [1.29, 1.82) is 0 Å². The maximum atomic E-state index is 13.2. The van der Waals surface area contributed by atoms with E-state index < -0.39 is 28.0 Å². The molecule has 2 aliphatic rings. The van der Waals surface area contributed by atoms with E-state index in [0.717, 1.165) is 5.57 Å². The van der Waals surface area contributed by atoms with Crippen LogP contribution in [-0.2, 0) is 11.3 Å². The van der Waals surface area contributed by atoms with E-state index in [1.54, 1.807) is 30.3 Å². The molecule has 1 saturated carbocycles. The molecule has 3 aromatic rings. The summed E-state index contributed by atoms with van der Waals surface area (Å²) < 4.78 is -1.33. The Morgan fingerprint density at radius 3 is 2.26 bits per heavy atom. The molecule has 0 radical (unpaired) electrons. The van der Waals surface area contributed by atoms with Crippen molar-refractivity contribution in [3.8, 4) is 0 Å². The molecule has 3 aromatic carbocycles. The van der Waals surface area contributed by atoms with E-state index in [-0.39, 0.29) is 16.6 Å². The second kappa shape index (κ2) is 12.5. The van der Waals surface area contributed by atoms with Gasteiger partial charge in [-0.15, -0.1) is 23.2 Å². The van der Waals surface area contributed by atoms with Crippen LogP contribution in [0.5, 0.6) is 0 Å². The number of nitrogens with one attached hydrogen (secondary N) is 3. The molecule has 0 saturated heterocycles. The highest BCUT2D eigenvalue weighted by molar-refractivity contribution is 6.53. The molecule has 5 rings (SSSR count). The highest BCUT2D eigenvalue weighted by atomic mass is 35.5. The Morgan fingerprint density at radius 1 is 0.905 bits per heavy atom. The molecule has 5 nitrogen and oxygen atoms in total. The lowest BCUT2D eigenvalue weighted by Gasteiger charge is -2.17. The van der Waals surface area contributed by atoms with Crippen LogP contribution in [0.4, 0.5) is 5.69 Å². The number of carbonyl (C=O) groups is 2. The van der Waals surface area contributed by atoms with Gasteiger partial charge in [0.25, 0.3) is 5.91 Å². The minimum atomic E-state index is -1.33. The van der Waals surface area contributed by atoms with Crippen LogP contribution in [0.25, 0.3) is 0 Å². The summed E-state index contributed by atoms with van der Waals surface area (Å²) in [5.74, 6) is -2.09. The third-order valence-corrected chi connectivity index (χ3v) is 8.90. The van der Waals surface area contributed by atoms with Crippen LogP contribution in [0.3, 0.4) is 0 Å². The average molecular weight is 662 g/mol. The fraction of sp³-hybridized carbons (Fsp3) is 0.219. The lowest BCUT2D eigenvalue weighted by molar-refractivity contribution is -0.117. The maximum absolute atomic E-state index is 13.2. The number of carbonyl (C=O) groups excluding carboxylic acids is 2. The number of halogens is 5. The molecule has 216 valence electrons. The molecule has 2 amide bonds. The summed E-state index contributed by atoms with van der Waals surface area (Å²) in [6.07, 6.45) is 3.88. The first-order valence-corrected chi connectivity index (χ1v) is 15.0. The van der Waals surface area contributed by atoms with Crippen LogP contribution < -0.4 is 16.0 Å². The van der Waals surface area contributed by atoms with Gasteiger partial charge < -0.3 is 16.0 Å². The van der Waals surface area contributed by atoms with Gasteiger partial charge in [0.2, 0.25) is 5.91 Å². The van der Waals surface area contributed by atoms with Crippen LogP contribution in [0, 0.1) is 12.8 Å². The van der Waals surface area contributed by atoms with E-state index in [0.29, 0.717) is 33.5 Å². The minimum absolute atomic E-state index is 0.0285. The number of amides is 2. The zero-order valence-corrected chi connectivity index (χ0v) is 26.4. The quantitative estimate of drug-likeness (QED) is 0.168. The molecule has 0 bridgehead atoms. The van der Waals surface area contributed by atoms with Gasteiger partial charge in [-0.2, -0.15) is 0 Å². The van der Waals surface area contributed by atoms with Crippen molar-refractivity contribution < 1.29 is 9.59 Å². The summed E-state index contributed by atoms with van der Waals surface area (Å²) in [7, 11) is 0. The smallest absolute Gasteiger partial charge is 0.257 e. The SMILES string of the molecule is CC1=CC(NCc2ccc(C)cc2)C=C=C1NC(=O)c1cc(NC(=O)C2C(c3cc(Cl)cc(Cl)c3)C2(Cl)Cl)ccc1Cl. The van der Waals surface area contributed by atoms with Crippen LogP contribution >= 0.6 is 58.0 Å². The first-order valence-electron chi connectivity index (χ1n) is 13.1. The highest BCUT2D eigenvalue weighted by Crippen LogP contribution is 2.65. The minimum Gasteiger partial charge on any atom is -0.326 e. The lowest BCUT2D eigenvalue weighted by Crippen LogP contribution is -2.29. The van der Waals surface area contributed by atoms with Gasteiger partial charge in [-0.3, -0.25) is 9.59 Å². The number of benzene rings is 3. The fourth-order valence-electron chi connectivity index (χ4n) is 4.88. The molecule has 2 aliphatic carbocycles. The van der Waals surface area contributed by atoms with Gasteiger partial charge in [-0.25, -0.2) is 0 Å². The van der Waals surface area contributed by atoms with E-state index in [1.807, 2.05) is 19.1 Å². The molecule has 1 fully saturated rings. The molecule has 0 spiro atoms. The van der Waals surface area contributed by atoms with Gasteiger partial charge >= 0.3 is 0 Å². The molecular formula is C32H26Cl5N3O2. The second-order valence-electron chi connectivity index (χ2n) is 10.4. The first kappa shape index (κ1) is 30.7. The van der Waals surface area contributed by atoms with Crippen molar-refractivity contribution in [2.24, 2.45) is 5.92 Å². The van der Waals surface area contributed by atoms with Gasteiger partial charge in [-0.1, -0.05) is 76.4 Å². The molecule has 0 aromatic heterocycles. The Bertz CT molecular complexity index is 1640. The number of alkyl halides is 2. The molecular weight excluding hydrogens is 636 g/mol. The third kappa shape index (κ3) is 6.90. The highest BCUT2D eigenvalue weighted by Gasteiger charge is 2.67. The van der Waals surface area contributed by atoms with E-state index in [2.05, 4.69) is 52.9 Å². The van der Waals surface area contributed by atoms with Crippen molar-refractivity contribution >= 4 is 75.5 Å². The van der Waals surface area contributed by atoms with Crippen LogP contribution in [0.1, 0.15) is 39.9 Å². The number of aryl methyl sites for hydroxylation is 1. The summed E-state index contributed by atoms with van der Waals surface area (Å²) in [5.41, 5.74) is 8.17. The molecule has 3 N–H and O–H groups in total. The zero-order valence-electron chi connectivity index (χ0n) is 22.6. The molecule has 10 heteroatoms. The number of hydrogen-bond acceptors (Lipinski definition) is 3. The van der Waals surface area contributed by atoms with E-state index in [1.165, 1.54) is 17.2 Å². The largest absolute Gasteiger partial charge is 0.326 e. The number of anilines is 1. The number of rotatable bonds is 8. The number of hydrogen-bond donors (Lipinski definition) is 3. The summed E-state index contributed by atoms with van der Waals surface area (Å²) in [6, 6.07) is 17.9. The lowest BCUT2D eigenvalue weighted by atomic mass is 10.0. The Morgan fingerprint density at radius 2 is 1.60 bits per heavy atom. The first-order chi connectivity index (χ1) is 19.9. The van der Waals surface area contributed by atoms with Crippen molar-refractivity contribution in [3.05, 3.63) is 127 Å². The zero-order chi connectivity index (χ0) is 30.2. The van der Waals surface area contributed by atoms with Gasteiger partial charge in [-0.05, 0) is 73.0 Å². The van der Waals surface area contributed by atoms with Gasteiger partial charge in [0, 0.05) is 28.2 Å². The van der Waals surface area contributed by atoms with Crippen molar-refractivity contribution in [2.75, 3.05) is 5.32 Å². The predicted molar refractivity (Wildman–Crippen MR) is 172 cm³/mol. The van der Waals surface area contributed by atoms with Gasteiger partial charge in [0.1, 0.15) is 4.33 Å². The normalized spacial score (nSPS) is 20.4. The summed E-state index contributed by atoms with van der Waals surface area (Å²) in [5, 5.41) is 10.2. The second-order valence-corrected chi connectivity index (χ2v) is 13.1. The Labute approximate surface area is 269 Å². The average Bonchev–Trinajstić information content (AvgIpc) is 3.52. The van der Waals surface area contributed by atoms with Crippen molar-refractivity contribution in [1.82, 2.24) is 10.6 Å². The van der Waals surface area contributed by atoms with Crippen LogP contribution in [0.15, 0.2) is 89.8 Å². The van der Waals surface area contributed by atoms with Crippen molar-refractivity contribution in [3.63, 3.8) is 0 Å². The van der Waals surface area contributed by atoms with E-state index in [9.17, 15) is 9.59 Å². The monoisotopic (exact) mass is 659 g/mol. The Hall–Kier alpha value is -2.73. The summed E-state index contributed by atoms with van der Waals surface area (Å²) in [4.78, 5) is 26.3. The third-order valence-electron chi connectivity index (χ3n) is 7.19. The van der Waals surface area contributed by atoms with Crippen LogP contribution in [0.2, 0.25) is 15.1 Å². The molecule has 0 heterocycles. The Kier molecular flexibility index (Phi) is 9.13. The maximum Gasteiger partial charge on any atom is 0.257 e. The van der Waals surface area contributed by atoms with Crippen molar-refractivity contribution in [2.45, 2.75) is 36.7 Å². The summed E-state index contributed by atoms with van der Waals surface area (Å²) >= 11 is 31.6. The molecule has 3 unspecified atom stereocenters. The van der Waals surface area contributed by atoms with E-state index >= 15 is 0 Å². The standard InChI is InChI=1S/C32H26Cl5N3O2/c1-17-3-5-19(6-4-17)16-38-23-8-10-27(18(2)11-23)40-30(41)25-15-24(7-9-26(25)35)39-31(42)29-28(32(29,36)37)20-12-21(33)14-22(34)13-20/h3-9,11-15,23,28-29,38H,16H2,1-2H3,(H,39,42)(H,40,41). The Balaban J connectivity index is 1.24. The van der Waals surface area contributed by atoms with Gasteiger partial charge in [0.05, 0.1) is 28.2 Å². The fourth-order valence-corrected chi connectivity index (χ4v) is 6.46. The molecule has 0 aliphatic heterocycles. The van der Waals surface area contributed by atoms with Gasteiger partial charge in [0.15, 0.2) is 0 Å².